The lowest BCUT2D eigenvalue weighted by molar-refractivity contribution is -0.132. The van der Waals surface area contributed by atoms with Crippen LogP contribution in [0.15, 0.2) is 30.3 Å². The molecule has 0 bridgehead atoms. The van der Waals surface area contributed by atoms with Gasteiger partial charge in [-0.3, -0.25) is 19.7 Å². The van der Waals surface area contributed by atoms with E-state index < -0.39 is 17.9 Å². The van der Waals surface area contributed by atoms with Crippen LogP contribution in [-0.2, 0) is 20.8 Å². The molecular weight excluding hydrogens is 376 g/mol. The van der Waals surface area contributed by atoms with E-state index in [9.17, 15) is 14.4 Å². The van der Waals surface area contributed by atoms with Crippen molar-refractivity contribution < 1.29 is 14.4 Å². The summed E-state index contributed by atoms with van der Waals surface area (Å²) in [5.41, 5.74) is 6.81. The van der Waals surface area contributed by atoms with Crippen molar-refractivity contribution in [2.75, 3.05) is 22.8 Å². The lowest BCUT2D eigenvalue weighted by atomic mass is 10.00. The average Bonchev–Trinajstić information content (AvgIpc) is 2.59. The Morgan fingerprint density at radius 2 is 1.80 bits per heavy atom. The van der Waals surface area contributed by atoms with E-state index in [1.165, 1.54) is 6.92 Å². The van der Waals surface area contributed by atoms with E-state index in [0.29, 0.717) is 17.9 Å². The minimum absolute atomic E-state index is 0.0534. The number of nitrogens with two attached hydrogens (primary N) is 1. The molecule has 2 amide bonds. The smallest absolute Gasteiger partial charge is 0.244 e. The van der Waals surface area contributed by atoms with Crippen molar-refractivity contribution in [3.8, 4) is 0 Å². The summed E-state index contributed by atoms with van der Waals surface area (Å²) in [5, 5.41) is 3.20. The normalized spacial score (nSPS) is 13.1. The quantitative estimate of drug-likeness (QED) is 0.459. The minimum Gasteiger partial charge on any atom is -0.319 e. The van der Waals surface area contributed by atoms with Crippen molar-refractivity contribution in [1.82, 2.24) is 5.32 Å². The van der Waals surface area contributed by atoms with Gasteiger partial charge in [-0.05, 0) is 18.2 Å². The molecule has 0 heterocycles. The number of thioether (sulfide) groups is 3. The SMILES string of the molecule is CSCSC[C@H](N)C(=O)NC(=O)[C@H](CSC(C)=O)Cc1ccccc1. The van der Waals surface area contributed by atoms with Crippen molar-refractivity contribution in [3.05, 3.63) is 35.9 Å². The van der Waals surface area contributed by atoms with Crippen molar-refractivity contribution in [1.29, 1.82) is 0 Å². The summed E-state index contributed by atoms with van der Waals surface area (Å²) in [6, 6.07) is 8.81. The maximum absolute atomic E-state index is 12.5. The molecule has 0 saturated carbocycles. The summed E-state index contributed by atoms with van der Waals surface area (Å²) in [7, 11) is 0. The van der Waals surface area contributed by atoms with Crippen molar-refractivity contribution >= 4 is 52.2 Å². The third-order valence-corrected chi connectivity index (χ3v) is 6.45. The molecule has 0 aromatic heterocycles. The number of imide groups is 1. The molecule has 3 N–H and O–H groups in total. The molecule has 0 aliphatic carbocycles. The Bertz CT molecular complexity index is 570. The van der Waals surface area contributed by atoms with Gasteiger partial charge in [-0.15, -0.1) is 11.8 Å². The van der Waals surface area contributed by atoms with E-state index in [0.717, 1.165) is 22.4 Å². The first kappa shape index (κ1) is 22.1. The van der Waals surface area contributed by atoms with Crippen molar-refractivity contribution in [2.45, 2.75) is 19.4 Å². The van der Waals surface area contributed by atoms with Crippen LogP contribution in [0, 0.1) is 5.92 Å². The Morgan fingerprint density at radius 1 is 1.12 bits per heavy atom. The number of rotatable bonds is 10. The van der Waals surface area contributed by atoms with Crippen LogP contribution < -0.4 is 11.1 Å². The number of benzene rings is 1. The summed E-state index contributed by atoms with van der Waals surface area (Å²) in [5.74, 6) is -0.519. The molecule has 0 aliphatic heterocycles. The highest BCUT2D eigenvalue weighted by molar-refractivity contribution is 8.15. The van der Waals surface area contributed by atoms with Gasteiger partial charge in [0.2, 0.25) is 11.8 Å². The highest BCUT2D eigenvalue weighted by atomic mass is 32.2. The zero-order valence-corrected chi connectivity index (χ0v) is 16.8. The van der Waals surface area contributed by atoms with Gasteiger partial charge in [0.1, 0.15) is 0 Å². The van der Waals surface area contributed by atoms with E-state index in [-0.39, 0.29) is 11.0 Å². The Kier molecular flexibility index (Phi) is 11.0. The van der Waals surface area contributed by atoms with Gasteiger partial charge in [-0.25, -0.2) is 0 Å². The number of carbonyl (C=O) groups is 3. The molecule has 1 aromatic carbocycles. The average molecular weight is 401 g/mol. The molecule has 0 radical (unpaired) electrons. The largest absolute Gasteiger partial charge is 0.319 e. The van der Waals surface area contributed by atoms with Crippen LogP contribution >= 0.6 is 35.3 Å². The minimum atomic E-state index is -0.723. The summed E-state index contributed by atoms with van der Waals surface area (Å²) in [6.07, 6.45) is 2.44. The summed E-state index contributed by atoms with van der Waals surface area (Å²) in [6.45, 7) is 1.46. The third kappa shape index (κ3) is 9.34. The maximum Gasteiger partial charge on any atom is 0.244 e. The molecule has 0 unspecified atom stereocenters. The molecule has 0 fully saturated rings. The molecule has 0 saturated heterocycles. The Morgan fingerprint density at radius 3 is 2.40 bits per heavy atom. The highest BCUT2D eigenvalue weighted by Crippen LogP contribution is 2.16. The molecule has 1 aromatic rings. The first-order valence-corrected chi connectivity index (χ1v) is 11.3. The fraction of sp³-hybridized carbons (Fsp3) is 0.471. The van der Waals surface area contributed by atoms with Gasteiger partial charge in [-0.1, -0.05) is 42.1 Å². The second kappa shape index (κ2) is 12.4. The number of hydrogen-bond acceptors (Lipinski definition) is 7. The van der Waals surface area contributed by atoms with Crippen molar-refractivity contribution in [3.63, 3.8) is 0 Å². The van der Waals surface area contributed by atoms with Crippen LogP contribution in [0.3, 0.4) is 0 Å². The van der Waals surface area contributed by atoms with Crippen LogP contribution in [-0.4, -0.2) is 45.8 Å². The lowest BCUT2D eigenvalue weighted by Crippen LogP contribution is -2.47. The van der Waals surface area contributed by atoms with Gasteiger partial charge < -0.3 is 5.73 Å². The Labute approximate surface area is 161 Å². The van der Waals surface area contributed by atoms with E-state index >= 15 is 0 Å². The molecule has 8 heteroatoms. The standard InChI is InChI=1S/C17H24N2O3S3/c1-12(20)25-9-14(8-13-6-4-3-5-7-13)16(21)19-17(22)15(18)10-24-11-23-2/h3-7,14-15H,8-11,18H2,1-2H3,(H,19,21,22)/t14-,15-/m0/s1. The highest BCUT2D eigenvalue weighted by Gasteiger charge is 2.24. The fourth-order valence-corrected chi connectivity index (χ4v) is 4.16. The molecule has 5 nitrogen and oxygen atoms in total. The number of carbonyl (C=O) groups excluding carboxylic acids is 3. The van der Waals surface area contributed by atoms with Gasteiger partial charge in [0.15, 0.2) is 5.12 Å². The van der Waals surface area contributed by atoms with Crippen LogP contribution in [0.1, 0.15) is 12.5 Å². The van der Waals surface area contributed by atoms with E-state index in [1.807, 2.05) is 36.6 Å². The van der Waals surface area contributed by atoms with Gasteiger partial charge in [-0.2, -0.15) is 11.8 Å². The number of nitrogens with one attached hydrogen (secondary N) is 1. The van der Waals surface area contributed by atoms with Crippen LogP contribution in [0.5, 0.6) is 0 Å². The van der Waals surface area contributed by atoms with Crippen molar-refractivity contribution in [2.24, 2.45) is 11.7 Å². The van der Waals surface area contributed by atoms with Crippen LogP contribution in [0.25, 0.3) is 0 Å². The van der Waals surface area contributed by atoms with Crippen LogP contribution in [0.4, 0.5) is 0 Å². The monoisotopic (exact) mass is 400 g/mol. The summed E-state index contributed by atoms with van der Waals surface area (Å²) >= 11 is 4.31. The first-order chi connectivity index (χ1) is 11.9. The molecule has 138 valence electrons. The zero-order chi connectivity index (χ0) is 18.7. The zero-order valence-electron chi connectivity index (χ0n) is 14.4. The van der Waals surface area contributed by atoms with Crippen LogP contribution in [0.2, 0.25) is 0 Å². The number of amides is 2. The Hall–Kier alpha value is -0.960. The molecular formula is C17H24N2O3S3. The lowest BCUT2D eigenvalue weighted by Gasteiger charge is -2.17. The predicted octanol–water partition coefficient (Wildman–Crippen LogP) is 2.15. The number of hydrogen-bond donors (Lipinski definition) is 2. The third-order valence-electron chi connectivity index (χ3n) is 3.27. The first-order valence-electron chi connectivity index (χ1n) is 7.78. The second-order valence-corrected chi connectivity index (χ2v) is 8.89. The molecule has 0 spiro atoms. The predicted molar refractivity (Wildman–Crippen MR) is 109 cm³/mol. The van der Waals surface area contributed by atoms with Gasteiger partial charge in [0.05, 0.1) is 12.0 Å². The summed E-state index contributed by atoms with van der Waals surface area (Å²) in [4.78, 5) is 35.8. The molecule has 1 rings (SSSR count). The van der Waals surface area contributed by atoms with E-state index in [2.05, 4.69) is 5.32 Å². The van der Waals surface area contributed by atoms with Gasteiger partial charge >= 0.3 is 0 Å². The maximum atomic E-state index is 12.5. The molecule has 2 atom stereocenters. The summed E-state index contributed by atoms with van der Waals surface area (Å²) < 4.78 is 0. The van der Waals surface area contributed by atoms with Gasteiger partial charge in [0, 0.05) is 23.5 Å². The molecule has 0 aliphatic rings. The topological polar surface area (TPSA) is 89.3 Å². The van der Waals surface area contributed by atoms with E-state index in [4.69, 9.17) is 5.73 Å². The fourth-order valence-electron chi connectivity index (χ4n) is 1.99. The van der Waals surface area contributed by atoms with Gasteiger partial charge in [0.25, 0.3) is 0 Å². The second-order valence-electron chi connectivity index (χ2n) is 5.43. The molecule has 25 heavy (non-hydrogen) atoms. The van der Waals surface area contributed by atoms with E-state index in [1.54, 1.807) is 23.5 Å². The Balaban J connectivity index is 2.64.